The van der Waals surface area contributed by atoms with Crippen molar-refractivity contribution >= 4 is 5.57 Å². The van der Waals surface area contributed by atoms with E-state index in [0.717, 1.165) is 6.42 Å². The standard InChI is InChI=1S/C13H18/c1-6-10(3)13-11(4)7-9(2)8-12(13)5/h7-8H,3,6H2,1-2,4-5H3. The fourth-order valence-corrected chi connectivity index (χ4v) is 1.91. The third-order valence-corrected chi connectivity index (χ3v) is 2.46. The maximum absolute atomic E-state index is 4.09. The summed E-state index contributed by atoms with van der Waals surface area (Å²) in [6, 6.07) is 4.45. The minimum atomic E-state index is 1.03. The Balaban J connectivity index is 3.28. The second-order valence-electron chi connectivity index (χ2n) is 3.73. The van der Waals surface area contributed by atoms with Crippen molar-refractivity contribution in [2.45, 2.75) is 34.1 Å². The largest absolute Gasteiger partial charge is 0.0952 e. The Morgan fingerprint density at radius 3 is 2.00 bits per heavy atom. The number of allylic oxidation sites excluding steroid dienone is 1. The lowest BCUT2D eigenvalue weighted by atomic mass is 9.93. The molecule has 0 aliphatic rings. The molecule has 70 valence electrons. The molecule has 0 nitrogen and oxygen atoms in total. The first-order valence-electron chi connectivity index (χ1n) is 4.82. The zero-order valence-electron chi connectivity index (χ0n) is 9.07. The fraction of sp³-hybridized carbons (Fsp3) is 0.385. The van der Waals surface area contributed by atoms with Gasteiger partial charge in [0, 0.05) is 0 Å². The smallest absolute Gasteiger partial charge is 0.0172 e. The van der Waals surface area contributed by atoms with Crippen LogP contribution in [-0.4, -0.2) is 0 Å². The molecule has 13 heavy (non-hydrogen) atoms. The summed E-state index contributed by atoms with van der Waals surface area (Å²) in [6.07, 6.45) is 1.03. The monoisotopic (exact) mass is 174 g/mol. The number of aryl methyl sites for hydroxylation is 3. The maximum atomic E-state index is 4.09. The van der Waals surface area contributed by atoms with Gasteiger partial charge in [-0.15, -0.1) is 0 Å². The normalized spacial score (nSPS) is 10.2. The summed E-state index contributed by atoms with van der Waals surface area (Å²) < 4.78 is 0. The number of benzene rings is 1. The molecule has 1 aromatic rings. The second-order valence-corrected chi connectivity index (χ2v) is 3.73. The first-order valence-corrected chi connectivity index (χ1v) is 4.82. The Morgan fingerprint density at radius 1 is 1.15 bits per heavy atom. The van der Waals surface area contributed by atoms with E-state index in [-0.39, 0.29) is 0 Å². The van der Waals surface area contributed by atoms with E-state index in [9.17, 15) is 0 Å². The van der Waals surface area contributed by atoms with Gasteiger partial charge in [-0.1, -0.05) is 31.2 Å². The van der Waals surface area contributed by atoms with Gasteiger partial charge in [-0.2, -0.15) is 0 Å². The van der Waals surface area contributed by atoms with Gasteiger partial charge in [0.15, 0.2) is 0 Å². The summed E-state index contributed by atoms with van der Waals surface area (Å²) in [5, 5.41) is 0. The van der Waals surface area contributed by atoms with Crippen molar-refractivity contribution in [2.24, 2.45) is 0 Å². The van der Waals surface area contributed by atoms with Crippen LogP contribution in [0.5, 0.6) is 0 Å². The molecule has 0 fully saturated rings. The van der Waals surface area contributed by atoms with E-state index >= 15 is 0 Å². The van der Waals surface area contributed by atoms with Crippen molar-refractivity contribution in [1.82, 2.24) is 0 Å². The topological polar surface area (TPSA) is 0 Å². The van der Waals surface area contributed by atoms with Gasteiger partial charge in [0.05, 0.1) is 0 Å². The molecule has 0 bridgehead atoms. The zero-order valence-corrected chi connectivity index (χ0v) is 9.07. The predicted molar refractivity (Wildman–Crippen MR) is 60.0 cm³/mol. The summed E-state index contributed by atoms with van der Waals surface area (Å²) in [6.45, 7) is 12.7. The number of hydrogen-bond acceptors (Lipinski definition) is 0. The van der Waals surface area contributed by atoms with Crippen molar-refractivity contribution in [2.75, 3.05) is 0 Å². The molecule has 0 aromatic heterocycles. The highest BCUT2D eigenvalue weighted by atomic mass is 14.1. The van der Waals surface area contributed by atoms with Gasteiger partial charge in [0.2, 0.25) is 0 Å². The van der Waals surface area contributed by atoms with Crippen LogP contribution in [0.2, 0.25) is 0 Å². The van der Waals surface area contributed by atoms with Crippen LogP contribution in [0.25, 0.3) is 5.57 Å². The molecular formula is C13H18. The minimum absolute atomic E-state index is 1.03. The van der Waals surface area contributed by atoms with Crippen LogP contribution in [0.3, 0.4) is 0 Å². The Morgan fingerprint density at radius 2 is 1.62 bits per heavy atom. The SMILES string of the molecule is C=C(CC)c1c(C)cc(C)cc1C. The van der Waals surface area contributed by atoms with Gasteiger partial charge < -0.3 is 0 Å². The van der Waals surface area contributed by atoms with Gasteiger partial charge in [-0.05, 0) is 49.5 Å². The van der Waals surface area contributed by atoms with Crippen molar-refractivity contribution in [3.05, 3.63) is 41.0 Å². The zero-order chi connectivity index (χ0) is 10.0. The molecule has 0 saturated carbocycles. The Kier molecular flexibility index (Phi) is 2.92. The fourth-order valence-electron chi connectivity index (χ4n) is 1.91. The highest BCUT2D eigenvalue weighted by Crippen LogP contribution is 2.24. The van der Waals surface area contributed by atoms with Gasteiger partial charge in [0.25, 0.3) is 0 Å². The summed E-state index contributed by atoms with van der Waals surface area (Å²) in [7, 11) is 0. The van der Waals surface area contributed by atoms with Crippen LogP contribution in [-0.2, 0) is 0 Å². The molecule has 0 amide bonds. The lowest BCUT2D eigenvalue weighted by Gasteiger charge is -2.12. The highest BCUT2D eigenvalue weighted by Gasteiger charge is 2.05. The number of hydrogen-bond donors (Lipinski definition) is 0. The average molecular weight is 174 g/mol. The van der Waals surface area contributed by atoms with E-state index in [4.69, 9.17) is 0 Å². The molecule has 0 heterocycles. The van der Waals surface area contributed by atoms with Gasteiger partial charge in [-0.25, -0.2) is 0 Å². The summed E-state index contributed by atoms with van der Waals surface area (Å²) in [4.78, 5) is 0. The average Bonchev–Trinajstić information content (AvgIpc) is 2.02. The molecule has 0 heteroatoms. The lowest BCUT2D eigenvalue weighted by molar-refractivity contribution is 1.20. The quantitative estimate of drug-likeness (QED) is 0.635. The van der Waals surface area contributed by atoms with E-state index in [1.165, 1.54) is 27.8 Å². The van der Waals surface area contributed by atoms with Crippen LogP contribution >= 0.6 is 0 Å². The number of rotatable bonds is 2. The van der Waals surface area contributed by atoms with Crippen molar-refractivity contribution < 1.29 is 0 Å². The molecule has 0 aliphatic carbocycles. The molecule has 0 aliphatic heterocycles. The lowest BCUT2D eigenvalue weighted by Crippen LogP contribution is -1.92. The Hall–Kier alpha value is -1.04. The molecule has 1 rings (SSSR count). The second kappa shape index (κ2) is 3.78. The molecule has 0 atom stereocenters. The molecule has 0 radical (unpaired) electrons. The predicted octanol–water partition coefficient (Wildman–Crippen LogP) is 4.04. The van der Waals surface area contributed by atoms with Crippen molar-refractivity contribution in [1.29, 1.82) is 0 Å². The molecule has 0 N–H and O–H groups in total. The third-order valence-electron chi connectivity index (χ3n) is 2.46. The van der Waals surface area contributed by atoms with Crippen molar-refractivity contribution in [3.8, 4) is 0 Å². The Labute approximate surface area is 81.3 Å². The first-order chi connectivity index (χ1) is 6.06. The summed E-state index contributed by atoms with van der Waals surface area (Å²) in [5.41, 5.74) is 6.64. The van der Waals surface area contributed by atoms with E-state index in [1.807, 2.05) is 0 Å². The molecule has 0 spiro atoms. The van der Waals surface area contributed by atoms with Crippen LogP contribution in [0, 0.1) is 20.8 Å². The van der Waals surface area contributed by atoms with Gasteiger partial charge >= 0.3 is 0 Å². The van der Waals surface area contributed by atoms with Crippen LogP contribution in [0.15, 0.2) is 18.7 Å². The molecular weight excluding hydrogens is 156 g/mol. The van der Waals surface area contributed by atoms with Gasteiger partial charge in [0.1, 0.15) is 0 Å². The molecule has 0 saturated heterocycles. The molecule has 0 unspecified atom stereocenters. The van der Waals surface area contributed by atoms with Crippen LogP contribution < -0.4 is 0 Å². The first kappa shape index (κ1) is 10.0. The summed E-state index contributed by atoms with van der Waals surface area (Å²) in [5.74, 6) is 0. The highest BCUT2D eigenvalue weighted by molar-refractivity contribution is 5.69. The van der Waals surface area contributed by atoms with Crippen molar-refractivity contribution in [3.63, 3.8) is 0 Å². The van der Waals surface area contributed by atoms with E-state index in [0.29, 0.717) is 0 Å². The van der Waals surface area contributed by atoms with Crippen LogP contribution in [0.1, 0.15) is 35.6 Å². The third kappa shape index (κ3) is 2.00. The summed E-state index contributed by atoms with van der Waals surface area (Å²) >= 11 is 0. The Bertz CT molecular complexity index is 309. The van der Waals surface area contributed by atoms with Crippen LogP contribution in [0.4, 0.5) is 0 Å². The van der Waals surface area contributed by atoms with Gasteiger partial charge in [-0.3, -0.25) is 0 Å². The van der Waals surface area contributed by atoms with E-state index < -0.39 is 0 Å². The maximum Gasteiger partial charge on any atom is -0.0172 e. The molecule has 1 aromatic carbocycles. The van der Waals surface area contributed by atoms with E-state index in [2.05, 4.69) is 46.4 Å². The minimum Gasteiger partial charge on any atom is -0.0952 e. The van der Waals surface area contributed by atoms with E-state index in [1.54, 1.807) is 0 Å².